The van der Waals surface area contributed by atoms with Gasteiger partial charge in [-0.1, -0.05) is 0 Å². The maximum atomic E-state index is 11.6. The van der Waals surface area contributed by atoms with Gasteiger partial charge in [0.2, 0.25) is 5.91 Å². The van der Waals surface area contributed by atoms with Gasteiger partial charge in [-0.05, 0) is 32.6 Å². The molecule has 7 heteroatoms. The molecule has 114 valence electrons. The van der Waals surface area contributed by atoms with Crippen molar-refractivity contribution in [3.63, 3.8) is 0 Å². The fourth-order valence-corrected chi connectivity index (χ4v) is 1.93. The van der Waals surface area contributed by atoms with E-state index in [0.717, 1.165) is 12.8 Å². The molecule has 4 N–H and O–H groups in total. The summed E-state index contributed by atoms with van der Waals surface area (Å²) in [6, 6.07) is -0.663. The van der Waals surface area contributed by atoms with Crippen molar-refractivity contribution in [1.29, 1.82) is 0 Å². The maximum absolute atomic E-state index is 11.6. The highest BCUT2D eigenvalue weighted by Gasteiger charge is 2.33. The zero-order valence-corrected chi connectivity index (χ0v) is 11.9. The smallest absolute Gasteiger partial charge is 0.315 e. The maximum Gasteiger partial charge on any atom is 0.315 e. The van der Waals surface area contributed by atoms with Crippen molar-refractivity contribution in [2.45, 2.75) is 51.6 Å². The lowest BCUT2D eigenvalue weighted by molar-refractivity contribution is -0.137. The quantitative estimate of drug-likeness (QED) is 0.519. The van der Waals surface area contributed by atoms with Gasteiger partial charge in [-0.2, -0.15) is 0 Å². The van der Waals surface area contributed by atoms with E-state index in [1.165, 1.54) is 0 Å². The molecule has 0 bridgehead atoms. The SMILES string of the molecule is CC(C)NC(=O)CCNC(=O)NC(CC(=O)O)C1CC1. The lowest BCUT2D eigenvalue weighted by Gasteiger charge is -2.16. The summed E-state index contributed by atoms with van der Waals surface area (Å²) < 4.78 is 0. The topological polar surface area (TPSA) is 108 Å². The Balaban J connectivity index is 2.21. The van der Waals surface area contributed by atoms with E-state index in [9.17, 15) is 14.4 Å². The van der Waals surface area contributed by atoms with Crippen molar-refractivity contribution in [3.05, 3.63) is 0 Å². The number of rotatable bonds is 8. The molecule has 7 nitrogen and oxygen atoms in total. The number of carboxylic acids is 1. The molecule has 1 aliphatic carbocycles. The molecule has 20 heavy (non-hydrogen) atoms. The Morgan fingerprint density at radius 3 is 2.35 bits per heavy atom. The third-order valence-corrected chi connectivity index (χ3v) is 2.99. The van der Waals surface area contributed by atoms with Crippen molar-refractivity contribution in [2.75, 3.05) is 6.54 Å². The molecule has 0 spiro atoms. The number of nitrogens with one attached hydrogen (secondary N) is 3. The second-order valence-electron chi connectivity index (χ2n) is 5.41. The van der Waals surface area contributed by atoms with Gasteiger partial charge in [0.15, 0.2) is 0 Å². The van der Waals surface area contributed by atoms with Crippen molar-refractivity contribution < 1.29 is 19.5 Å². The van der Waals surface area contributed by atoms with Gasteiger partial charge < -0.3 is 21.1 Å². The van der Waals surface area contributed by atoms with Crippen molar-refractivity contribution in [3.8, 4) is 0 Å². The Kier molecular flexibility index (Phi) is 6.27. The molecule has 1 saturated carbocycles. The molecule has 0 aliphatic heterocycles. The largest absolute Gasteiger partial charge is 0.481 e. The van der Waals surface area contributed by atoms with Crippen LogP contribution in [0.15, 0.2) is 0 Å². The molecule has 0 aromatic heterocycles. The molecule has 0 aromatic carbocycles. The highest BCUT2D eigenvalue weighted by atomic mass is 16.4. The zero-order chi connectivity index (χ0) is 15.1. The fraction of sp³-hybridized carbons (Fsp3) is 0.769. The number of amides is 3. The molecule has 1 atom stereocenters. The molecule has 0 aromatic rings. The summed E-state index contributed by atoms with van der Waals surface area (Å²) in [7, 11) is 0. The summed E-state index contributed by atoms with van der Waals surface area (Å²) in [4.78, 5) is 33.7. The van der Waals surface area contributed by atoms with Crippen LogP contribution in [0.2, 0.25) is 0 Å². The van der Waals surface area contributed by atoms with E-state index < -0.39 is 12.0 Å². The van der Waals surface area contributed by atoms with E-state index in [2.05, 4.69) is 16.0 Å². The van der Waals surface area contributed by atoms with Gasteiger partial charge >= 0.3 is 12.0 Å². The molecule has 1 fully saturated rings. The van der Waals surface area contributed by atoms with E-state index in [-0.39, 0.29) is 43.3 Å². The van der Waals surface area contributed by atoms with Gasteiger partial charge in [-0.15, -0.1) is 0 Å². The number of carboxylic acid groups (broad SMARTS) is 1. The van der Waals surface area contributed by atoms with Crippen LogP contribution >= 0.6 is 0 Å². The van der Waals surface area contributed by atoms with Crippen molar-refractivity contribution >= 4 is 17.9 Å². The van der Waals surface area contributed by atoms with Crippen LogP contribution in [0, 0.1) is 5.92 Å². The van der Waals surface area contributed by atoms with Crippen LogP contribution in [0.5, 0.6) is 0 Å². The number of carbonyl (C=O) groups excluding carboxylic acids is 2. The first-order chi connectivity index (χ1) is 9.38. The molecule has 1 unspecified atom stereocenters. The number of carbonyl (C=O) groups is 3. The summed E-state index contributed by atoms with van der Waals surface area (Å²) in [6.07, 6.45) is 2.05. The average molecular weight is 285 g/mol. The number of hydrogen-bond acceptors (Lipinski definition) is 3. The molecule has 1 rings (SSSR count). The first-order valence-electron chi connectivity index (χ1n) is 6.94. The minimum Gasteiger partial charge on any atom is -0.481 e. The molecule has 0 saturated heterocycles. The predicted molar refractivity (Wildman–Crippen MR) is 73.2 cm³/mol. The van der Waals surface area contributed by atoms with E-state index in [1.54, 1.807) is 0 Å². The summed E-state index contributed by atoms with van der Waals surface area (Å²) in [5.41, 5.74) is 0. The first kappa shape index (κ1) is 16.3. The Bertz CT molecular complexity index is 367. The van der Waals surface area contributed by atoms with Crippen LogP contribution in [0.3, 0.4) is 0 Å². The Labute approximate surface area is 118 Å². The average Bonchev–Trinajstić information content (AvgIpc) is 3.09. The molecule has 1 aliphatic rings. The third kappa shape index (κ3) is 6.96. The second-order valence-corrected chi connectivity index (χ2v) is 5.41. The number of urea groups is 1. The van der Waals surface area contributed by atoms with Gasteiger partial charge in [0.25, 0.3) is 0 Å². The molecule has 3 amide bonds. The Morgan fingerprint density at radius 2 is 1.85 bits per heavy atom. The highest BCUT2D eigenvalue weighted by Crippen LogP contribution is 2.33. The minimum absolute atomic E-state index is 0.0636. The Hall–Kier alpha value is -1.79. The second kappa shape index (κ2) is 7.72. The summed E-state index contributed by atoms with van der Waals surface area (Å²) in [6.45, 7) is 3.96. The van der Waals surface area contributed by atoms with Crippen LogP contribution < -0.4 is 16.0 Å². The van der Waals surface area contributed by atoms with Crippen molar-refractivity contribution in [2.24, 2.45) is 5.92 Å². The van der Waals surface area contributed by atoms with E-state index in [4.69, 9.17) is 5.11 Å². The Morgan fingerprint density at radius 1 is 1.20 bits per heavy atom. The highest BCUT2D eigenvalue weighted by molar-refractivity contribution is 5.78. The normalized spacial score (nSPS) is 15.6. The van der Waals surface area contributed by atoms with Gasteiger partial charge in [0, 0.05) is 25.0 Å². The third-order valence-electron chi connectivity index (χ3n) is 2.99. The number of aliphatic carboxylic acids is 1. The first-order valence-corrected chi connectivity index (χ1v) is 6.94. The lowest BCUT2D eigenvalue weighted by atomic mass is 10.1. The van der Waals surface area contributed by atoms with Crippen LogP contribution in [-0.4, -0.2) is 41.6 Å². The molecule has 0 radical (unpaired) electrons. The van der Waals surface area contributed by atoms with Crippen LogP contribution in [0.25, 0.3) is 0 Å². The minimum atomic E-state index is -0.918. The molecular weight excluding hydrogens is 262 g/mol. The van der Waals surface area contributed by atoms with E-state index in [0.29, 0.717) is 0 Å². The fourth-order valence-electron chi connectivity index (χ4n) is 1.93. The summed E-state index contributed by atoms with van der Waals surface area (Å²) in [5, 5.41) is 16.7. The van der Waals surface area contributed by atoms with E-state index in [1.807, 2.05) is 13.8 Å². The molecular formula is C13H23N3O4. The van der Waals surface area contributed by atoms with Gasteiger partial charge in [-0.3, -0.25) is 9.59 Å². The van der Waals surface area contributed by atoms with Gasteiger partial charge in [0.1, 0.15) is 0 Å². The van der Waals surface area contributed by atoms with Crippen LogP contribution in [-0.2, 0) is 9.59 Å². The van der Waals surface area contributed by atoms with Crippen LogP contribution in [0.1, 0.15) is 39.5 Å². The summed E-state index contributed by atoms with van der Waals surface area (Å²) >= 11 is 0. The van der Waals surface area contributed by atoms with Gasteiger partial charge in [-0.25, -0.2) is 4.79 Å². The van der Waals surface area contributed by atoms with Crippen LogP contribution in [0.4, 0.5) is 4.79 Å². The van der Waals surface area contributed by atoms with Crippen molar-refractivity contribution in [1.82, 2.24) is 16.0 Å². The monoisotopic (exact) mass is 285 g/mol. The lowest BCUT2D eigenvalue weighted by Crippen LogP contribution is -2.45. The zero-order valence-electron chi connectivity index (χ0n) is 11.9. The number of hydrogen-bond donors (Lipinski definition) is 4. The predicted octanol–water partition coefficient (Wildman–Crippen LogP) is 0.454. The standard InChI is InChI=1S/C13H23N3O4/c1-8(2)15-11(17)5-6-14-13(20)16-10(7-12(18)19)9-3-4-9/h8-10H,3-7H2,1-2H3,(H,15,17)(H,18,19)(H2,14,16,20). The van der Waals surface area contributed by atoms with Gasteiger partial charge in [0.05, 0.1) is 6.42 Å². The summed E-state index contributed by atoms with van der Waals surface area (Å²) in [5.74, 6) is -0.774. The van der Waals surface area contributed by atoms with E-state index >= 15 is 0 Å². The molecule has 0 heterocycles.